The van der Waals surface area contributed by atoms with E-state index in [1.165, 1.54) is 21.9 Å². The van der Waals surface area contributed by atoms with E-state index in [2.05, 4.69) is 80.3 Å². The Labute approximate surface area is 217 Å². The van der Waals surface area contributed by atoms with Crippen LogP contribution in [0.5, 0.6) is 0 Å². The molecule has 1 saturated carbocycles. The summed E-state index contributed by atoms with van der Waals surface area (Å²) in [5, 5.41) is 6.17. The molecular weight excluding hydrogens is 442 g/mol. The lowest BCUT2D eigenvalue weighted by Gasteiger charge is -2.41. The van der Waals surface area contributed by atoms with Crippen molar-refractivity contribution in [3.05, 3.63) is 96.1 Å². The number of hydrogen-bond acceptors (Lipinski definition) is 3. The van der Waals surface area contributed by atoms with Crippen LogP contribution < -0.4 is 5.32 Å². The van der Waals surface area contributed by atoms with Crippen LogP contribution in [0, 0.1) is 5.92 Å². The van der Waals surface area contributed by atoms with Crippen LogP contribution in [0.25, 0.3) is 10.8 Å². The predicted octanol–water partition coefficient (Wildman–Crippen LogP) is 7.39. The van der Waals surface area contributed by atoms with Crippen LogP contribution in [0.2, 0.25) is 0 Å². The van der Waals surface area contributed by atoms with E-state index in [-0.39, 0.29) is 18.0 Å². The van der Waals surface area contributed by atoms with Crippen molar-refractivity contribution in [3.8, 4) is 0 Å². The van der Waals surface area contributed by atoms with Gasteiger partial charge in [-0.2, -0.15) is 0 Å². The normalized spacial score (nSPS) is 19.0. The first-order valence-corrected chi connectivity index (χ1v) is 13.7. The molecule has 1 aliphatic rings. The van der Waals surface area contributed by atoms with E-state index in [0.29, 0.717) is 0 Å². The predicted molar refractivity (Wildman–Crippen MR) is 150 cm³/mol. The number of nitrogens with one attached hydrogen (secondary N) is 1. The van der Waals surface area contributed by atoms with Gasteiger partial charge in [-0.25, -0.2) is 0 Å². The van der Waals surface area contributed by atoms with Crippen molar-refractivity contribution in [1.82, 2.24) is 5.32 Å². The Morgan fingerprint density at radius 2 is 1.75 bits per heavy atom. The van der Waals surface area contributed by atoms with Gasteiger partial charge in [-0.15, -0.1) is 0 Å². The molecule has 1 aliphatic carbocycles. The standard InChI is InChI=1S/C33H41NO2/c1-4-6-20-33(5-2,29-14-8-7-9-15-29)32(35)36-31-23-25(3)30(31)19-22-34-21-18-26-16-17-27-12-10-11-13-28(27)24-26/h7-17,24,30-31,34H,3-6,18-23H2,1-2H3. The maximum atomic E-state index is 13.6. The molecule has 36 heavy (non-hydrogen) atoms. The molecule has 0 aliphatic heterocycles. The molecule has 3 nitrogen and oxygen atoms in total. The van der Waals surface area contributed by atoms with Gasteiger partial charge in [-0.05, 0) is 60.7 Å². The third-order valence-electron chi connectivity index (χ3n) is 8.01. The zero-order valence-electron chi connectivity index (χ0n) is 22.0. The first kappa shape index (κ1) is 26.2. The number of benzene rings is 3. The van der Waals surface area contributed by atoms with Crippen LogP contribution in [-0.2, 0) is 21.4 Å². The number of esters is 1. The van der Waals surface area contributed by atoms with Gasteiger partial charge in [0.05, 0.1) is 5.41 Å². The average Bonchev–Trinajstić information content (AvgIpc) is 2.91. The topological polar surface area (TPSA) is 38.3 Å². The van der Waals surface area contributed by atoms with Gasteiger partial charge in [0.15, 0.2) is 0 Å². The molecule has 4 rings (SSSR count). The fourth-order valence-electron chi connectivity index (χ4n) is 5.55. The van der Waals surface area contributed by atoms with Gasteiger partial charge in [0.25, 0.3) is 0 Å². The van der Waals surface area contributed by atoms with Crippen molar-refractivity contribution in [2.45, 2.75) is 70.3 Å². The fourth-order valence-corrected chi connectivity index (χ4v) is 5.55. The Balaban J connectivity index is 1.29. The van der Waals surface area contributed by atoms with E-state index < -0.39 is 5.41 Å². The molecule has 0 spiro atoms. The molecule has 190 valence electrons. The van der Waals surface area contributed by atoms with Crippen molar-refractivity contribution in [3.63, 3.8) is 0 Å². The Morgan fingerprint density at radius 3 is 2.47 bits per heavy atom. The monoisotopic (exact) mass is 483 g/mol. The van der Waals surface area contributed by atoms with Crippen molar-refractivity contribution in [2.75, 3.05) is 13.1 Å². The van der Waals surface area contributed by atoms with Crippen molar-refractivity contribution < 1.29 is 9.53 Å². The number of unbranched alkanes of at least 4 members (excludes halogenated alkanes) is 1. The van der Waals surface area contributed by atoms with E-state index in [1.807, 2.05) is 18.2 Å². The summed E-state index contributed by atoms with van der Waals surface area (Å²) >= 11 is 0. The van der Waals surface area contributed by atoms with Crippen LogP contribution in [-0.4, -0.2) is 25.2 Å². The zero-order valence-corrected chi connectivity index (χ0v) is 22.0. The van der Waals surface area contributed by atoms with E-state index in [1.54, 1.807) is 0 Å². The number of ether oxygens (including phenoxy) is 1. The largest absolute Gasteiger partial charge is 0.461 e. The van der Waals surface area contributed by atoms with Gasteiger partial charge in [-0.1, -0.05) is 112 Å². The maximum absolute atomic E-state index is 13.6. The fraction of sp³-hybridized carbons (Fsp3) is 0.424. The number of rotatable bonds is 13. The highest BCUT2D eigenvalue weighted by molar-refractivity contribution is 5.84. The molecular formula is C33H41NO2. The molecule has 3 heteroatoms. The Bertz CT molecular complexity index is 1150. The summed E-state index contributed by atoms with van der Waals surface area (Å²) in [4.78, 5) is 13.6. The third kappa shape index (κ3) is 5.90. The van der Waals surface area contributed by atoms with Gasteiger partial charge in [0, 0.05) is 12.3 Å². The van der Waals surface area contributed by atoms with Crippen LogP contribution in [0.3, 0.4) is 0 Å². The SMILES string of the molecule is C=C1CC(OC(=O)C(CC)(CCCC)c2ccccc2)C1CCNCCc1ccc2ccccc2c1. The van der Waals surface area contributed by atoms with Crippen LogP contribution in [0.4, 0.5) is 0 Å². The molecule has 3 atom stereocenters. The first-order chi connectivity index (χ1) is 17.6. The second-order valence-corrected chi connectivity index (χ2v) is 10.3. The molecule has 1 fully saturated rings. The van der Waals surface area contributed by atoms with Gasteiger partial charge in [-0.3, -0.25) is 4.79 Å². The van der Waals surface area contributed by atoms with Gasteiger partial charge < -0.3 is 10.1 Å². The zero-order chi connectivity index (χ0) is 25.4. The Hall–Kier alpha value is -2.91. The lowest BCUT2D eigenvalue weighted by Crippen LogP contribution is -2.45. The minimum atomic E-state index is -0.559. The van der Waals surface area contributed by atoms with Gasteiger partial charge in [0.2, 0.25) is 0 Å². The van der Waals surface area contributed by atoms with Crippen LogP contribution in [0.15, 0.2) is 84.9 Å². The lowest BCUT2D eigenvalue weighted by molar-refractivity contribution is -0.162. The Morgan fingerprint density at radius 1 is 1.00 bits per heavy atom. The number of fused-ring (bicyclic) bond motifs is 1. The van der Waals surface area contributed by atoms with E-state index in [4.69, 9.17) is 4.74 Å². The molecule has 0 amide bonds. The van der Waals surface area contributed by atoms with E-state index in [0.717, 1.165) is 63.6 Å². The smallest absolute Gasteiger partial charge is 0.316 e. The van der Waals surface area contributed by atoms with Crippen molar-refractivity contribution >= 4 is 16.7 Å². The summed E-state index contributed by atoms with van der Waals surface area (Å²) in [5.41, 5.74) is 3.08. The summed E-state index contributed by atoms with van der Waals surface area (Å²) in [6, 6.07) is 25.4. The Kier molecular flexibility index (Phi) is 8.98. The summed E-state index contributed by atoms with van der Waals surface area (Å²) in [5.74, 6) is 0.190. The highest BCUT2D eigenvalue weighted by atomic mass is 16.5. The molecule has 3 unspecified atom stereocenters. The second-order valence-electron chi connectivity index (χ2n) is 10.3. The summed E-state index contributed by atoms with van der Waals surface area (Å²) in [7, 11) is 0. The summed E-state index contributed by atoms with van der Waals surface area (Å²) in [6.45, 7) is 10.4. The van der Waals surface area contributed by atoms with E-state index in [9.17, 15) is 4.79 Å². The first-order valence-electron chi connectivity index (χ1n) is 13.7. The summed E-state index contributed by atoms with van der Waals surface area (Å²) < 4.78 is 6.22. The number of carbonyl (C=O) groups excluding carboxylic acids is 1. The molecule has 0 aromatic heterocycles. The average molecular weight is 484 g/mol. The molecule has 1 N–H and O–H groups in total. The highest BCUT2D eigenvalue weighted by Crippen LogP contribution is 2.41. The summed E-state index contributed by atoms with van der Waals surface area (Å²) in [6.07, 6.45) is 6.35. The van der Waals surface area contributed by atoms with Crippen LogP contribution in [0.1, 0.15) is 63.5 Å². The minimum Gasteiger partial charge on any atom is -0.461 e. The molecule has 0 radical (unpaired) electrons. The highest BCUT2D eigenvalue weighted by Gasteiger charge is 2.44. The van der Waals surface area contributed by atoms with Gasteiger partial charge in [0.1, 0.15) is 6.10 Å². The van der Waals surface area contributed by atoms with Crippen molar-refractivity contribution in [1.29, 1.82) is 0 Å². The molecule has 0 bridgehead atoms. The molecule has 3 aromatic carbocycles. The van der Waals surface area contributed by atoms with Crippen molar-refractivity contribution in [2.24, 2.45) is 5.92 Å². The third-order valence-corrected chi connectivity index (χ3v) is 8.01. The maximum Gasteiger partial charge on any atom is 0.316 e. The lowest BCUT2D eigenvalue weighted by atomic mass is 9.72. The quantitative estimate of drug-likeness (QED) is 0.156. The van der Waals surface area contributed by atoms with Gasteiger partial charge >= 0.3 is 5.97 Å². The minimum absolute atomic E-state index is 0.0523. The molecule has 3 aromatic rings. The molecule has 0 heterocycles. The number of carbonyl (C=O) groups is 1. The molecule has 0 saturated heterocycles. The van der Waals surface area contributed by atoms with E-state index >= 15 is 0 Å². The second kappa shape index (κ2) is 12.4. The number of hydrogen-bond donors (Lipinski definition) is 1. The van der Waals surface area contributed by atoms with Crippen LogP contribution >= 0.6 is 0 Å².